The highest BCUT2D eigenvalue weighted by molar-refractivity contribution is 6.25. The molecule has 1 fully saturated rings. The molecule has 0 radical (unpaired) electrons. The summed E-state index contributed by atoms with van der Waals surface area (Å²) in [6.45, 7) is 1.58. The second-order valence-corrected chi connectivity index (χ2v) is 7.32. The molecule has 2 aliphatic rings. The molecule has 0 aliphatic carbocycles. The monoisotopic (exact) mass is 365 g/mol. The molecule has 0 aromatic heterocycles. The Bertz CT molecular complexity index is 873. The van der Waals surface area contributed by atoms with E-state index >= 15 is 0 Å². The Balaban J connectivity index is 1.45. The molecule has 1 saturated heterocycles. The summed E-state index contributed by atoms with van der Waals surface area (Å²) in [5.41, 5.74) is 7.04. The molecule has 1 unspecified atom stereocenters. The van der Waals surface area contributed by atoms with Crippen LogP contribution in [0.3, 0.4) is 0 Å². The molecule has 2 N–H and O–H groups in total. The first-order valence-corrected chi connectivity index (χ1v) is 9.47. The first kappa shape index (κ1) is 17.7. The number of carbonyl (C=O) groups excluding carboxylic acids is 3. The Morgan fingerprint density at radius 2 is 1.74 bits per heavy atom. The quantitative estimate of drug-likeness (QED) is 0.842. The van der Waals surface area contributed by atoms with Crippen LogP contribution in [0.4, 0.5) is 0 Å². The van der Waals surface area contributed by atoms with Gasteiger partial charge < -0.3 is 10.6 Å². The van der Waals surface area contributed by atoms with E-state index in [4.69, 9.17) is 5.73 Å². The predicted molar refractivity (Wildman–Crippen MR) is 102 cm³/mol. The van der Waals surface area contributed by atoms with Crippen LogP contribution in [0.25, 0.3) is 10.8 Å². The van der Waals surface area contributed by atoms with Gasteiger partial charge in [0, 0.05) is 48.6 Å². The molecule has 6 heteroatoms. The van der Waals surface area contributed by atoms with Gasteiger partial charge in [0.05, 0.1) is 0 Å². The number of likely N-dealkylation sites (tertiary alicyclic amines) is 1. The van der Waals surface area contributed by atoms with Crippen LogP contribution in [0, 0.1) is 0 Å². The lowest BCUT2D eigenvalue weighted by Crippen LogP contribution is -2.46. The van der Waals surface area contributed by atoms with Gasteiger partial charge in [-0.1, -0.05) is 24.3 Å². The summed E-state index contributed by atoms with van der Waals surface area (Å²) in [5.74, 6) is -0.516. The number of nitrogens with two attached hydrogens (primary N) is 1. The average Bonchev–Trinajstić information content (AvgIpc) is 2.68. The summed E-state index contributed by atoms with van der Waals surface area (Å²) in [4.78, 5) is 41.1. The maximum Gasteiger partial charge on any atom is 0.261 e. The number of hydrogen-bond acceptors (Lipinski definition) is 4. The third kappa shape index (κ3) is 3.21. The molecule has 4 rings (SSSR count). The molecule has 3 amide bonds. The number of rotatable bonds is 4. The van der Waals surface area contributed by atoms with Crippen LogP contribution in [0.15, 0.2) is 36.4 Å². The number of carbonyl (C=O) groups is 3. The van der Waals surface area contributed by atoms with E-state index in [1.807, 2.05) is 24.3 Å². The number of benzene rings is 2. The van der Waals surface area contributed by atoms with Crippen LogP contribution in [-0.2, 0) is 4.79 Å². The second kappa shape index (κ2) is 7.12. The molecule has 1 atom stereocenters. The lowest BCUT2D eigenvalue weighted by molar-refractivity contribution is -0.132. The highest BCUT2D eigenvalue weighted by atomic mass is 16.2. The van der Waals surface area contributed by atoms with E-state index in [0.717, 1.165) is 30.2 Å². The van der Waals surface area contributed by atoms with Crippen molar-refractivity contribution in [1.82, 2.24) is 9.80 Å². The SMILES string of the molecule is NC1CCCN(C(=O)CCCN2C(=O)c3cccc4cccc(c34)C2=O)C1. The highest BCUT2D eigenvalue weighted by Gasteiger charge is 2.32. The van der Waals surface area contributed by atoms with E-state index in [0.29, 0.717) is 30.5 Å². The molecule has 2 aliphatic heterocycles. The average molecular weight is 365 g/mol. The molecule has 27 heavy (non-hydrogen) atoms. The van der Waals surface area contributed by atoms with E-state index in [-0.39, 0.29) is 30.3 Å². The van der Waals surface area contributed by atoms with Gasteiger partial charge in [-0.2, -0.15) is 0 Å². The largest absolute Gasteiger partial charge is 0.341 e. The van der Waals surface area contributed by atoms with Crippen LogP contribution >= 0.6 is 0 Å². The Morgan fingerprint density at radius 3 is 2.37 bits per heavy atom. The van der Waals surface area contributed by atoms with Crippen LogP contribution in [-0.4, -0.2) is 53.2 Å². The van der Waals surface area contributed by atoms with Gasteiger partial charge >= 0.3 is 0 Å². The van der Waals surface area contributed by atoms with Crippen molar-refractivity contribution in [3.8, 4) is 0 Å². The van der Waals surface area contributed by atoms with Gasteiger partial charge in [0.2, 0.25) is 5.91 Å². The maximum atomic E-state index is 12.8. The Kier molecular flexibility index (Phi) is 4.66. The van der Waals surface area contributed by atoms with Gasteiger partial charge in [0.25, 0.3) is 11.8 Å². The fourth-order valence-corrected chi connectivity index (χ4v) is 4.07. The zero-order valence-electron chi connectivity index (χ0n) is 15.2. The Labute approximate surface area is 157 Å². The first-order valence-electron chi connectivity index (χ1n) is 9.47. The van der Waals surface area contributed by atoms with Crippen molar-refractivity contribution >= 4 is 28.5 Å². The highest BCUT2D eigenvalue weighted by Crippen LogP contribution is 2.30. The van der Waals surface area contributed by atoms with Crippen molar-refractivity contribution in [3.63, 3.8) is 0 Å². The van der Waals surface area contributed by atoms with Crippen molar-refractivity contribution in [2.75, 3.05) is 19.6 Å². The minimum atomic E-state index is -0.281. The van der Waals surface area contributed by atoms with Crippen LogP contribution in [0.2, 0.25) is 0 Å². The molecule has 0 saturated carbocycles. The fourth-order valence-electron chi connectivity index (χ4n) is 4.07. The third-order valence-corrected chi connectivity index (χ3v) is 5.44. The summed E-state index contributed by atoms with van der Waals surface area (Å²) < 4.78 is 0. The minimum Gasteiger partial charge on any atom is -0.341 e. The summed E-state index contributed by atoms with van der Waals surface area (Å²) >= 11 is 0. The van der Waals surface area contributed by atoms with Crippen LogP contribution in [0.1, 0.15) is 46.4 Å². The lowest BCUT2D eigenvalue weighted by Gasteiger charge is -2.31. The second-order valence-electron chi connectivity index (χ2n) is 7.32. The number of piperidine rings is 1. The number of imide groups is 1. The predicted octanol–water partition coefficient (Wildman–Crippen LogP) is 2.17. The van der Waals surface area contributed by atoms with Crippen molar-refractivity contribution < 1.29 is 14.4 Å². The van der Waals surface area contributed by atoms with E-state index in [2.05, 4.69) is 0 Å². The summed E-state index contributed by atoms with van der Waals surface area (Å²) in [5, 5.41) is 1.62. The molecule has 0 spiro atoms. The Hall–Kier alpha value is -2.73. The molecular weight excluding hydrogens is 342 g/mol. The van der Waals surface area contributed by atoms with Crippen molar-refractivity contribution in [2.24, 2.45) is 5.73 Å². The van der Waals surface area contributed by atoms with Gasteiger partial charge in [-0.3, -0.25) is 19.3 Å². The van der Waals surface area contributed by atoms with Crippen LogP contribution in [0.5, 0.6) is 0 Å². The molecular formula is C21H23N3O3. The smallest absolute Gasteiger partial charge is 0.261 e. The normalized spacial score (nSPS) is 19.7. The van der Waals surface area contributed by atoms with Gasteiger partial charge in [0.15, 0.2) is 0 Å². The van der Waals surface area contributed by atoms with E-state index < -0.39 is 0 Å². The molecule has 0 bridgehead atoms. The van der Waals surface area contributed by atoms with Crippen molar-refractivity contribution in [2.45, 2.75) is 31.7 Å². The van der Waals surface area contributed by atoms with Gasteiger partial charge in [-0.15, -0.1) is 0 Å². The van der Waals surface area contributed by atoms with Crippen molar-refractivity contribution in [1.29, 1.82) is 0 Å². The van der Waals surface area contributed by atoms with Gasteiger partial charge in [-0.25, -0.2) is 0 Å². The summed E-state index contributed by atoms with van der Waals surface area (Å²) in [7, 11) is 0. The molecule has 2 heterocycles. The number of amides is 3. The van der Waals surface area contributed by atoms with Crippen LogP contribution < -0.4 is 5.73 Å². The van der Waals surface area contributed by atoms with E-state index in [9.17, 15) is 14.4 Å². The lowest BCUT2D eigenvalue weighted by atomic mass is 9.94. The van der Waals surface area contributed by atoms with Crippen molar-refractivity contribution in [3.05, 3.63) is 47.5 Å². The zero-order chi connectivity index (χ0) is 19.0. The zero-order valence-corrected chi connectivity index (χ0v) is 15.2. The molecule has 140 valence electrons. The third-order valence-electron chi connectivity index (χ3n) is 5.44. The first-order chi connectivity index (χ1) is 13.1. The van der Waals surface area contributed by atoms with E-state index in [1.165, 1.54) is 4.90 Å². The minimum absolute atomic E-state index is 0.0459. The van der Waals surface area contributed by atoms with Gasteiger partial charge in [0.1, 0.15) is 0 Å². The topological polar surface area (TPSA) is 83.7 Å². The summed E-state index contributed by atoms with van der Waals surface area (Å²) in [6, 6.07) is 11.0. The van der Waals surface area contributed by atoms with Gasteiger partial charge in [-0.05, 0) is 36.8 Å². The summed E-state index contributed by atoms with van der Waals surface area (Å²) in [6.07, 6.45) is 2.65. The maximum absolute atomic E-state index is 12.8. The van der Waals surface area contributed by atoms with E-state index in [1.54, 1.807) is 17.0 Å². The number of nitrogens with zero attached hydrogens (tertiary/aromatic N) is 2. The molecule has 2 aromatic carbocycles. The number of hydrogen-bond donors (Lipinski definition) is 1. The molecule has 2 aromatic rings. The Morgan fingerprint density at radius 1 is 1.07 bits per heavy atom. The molecule has 6 nitrogen and oxygen atoms in total. The standard InChI is InChI=1S/C21H23N3O3/c22-15-7-3-11-23(13-15)18(25)10-4-12-24-20(26)16-8-1-5-14-6-2-9-17(19(14)16)21(24)27/h1-2,5-6,8-9,15H,3-4,7,10-13,22H2. The fraction of sp³-hybridized carbons (Fsp3) is 0.381.